The second-order valence-electron chi connectivity index (χ2n) is 5.39. The number of anilines is 1. The highest BCUT2D eigenvalue weighted by molar-refractivity contribution is 5.92. The van der Waals surface area contributed by atoms with Crippen LogP contribution in [-0.2, 0) is 11.3 Å². The van der Waals surface area contributed by atoms with Gasteiger partial charge in [0, 0.05) is 18.5 Å². The molecule has 2 aromatic heterocycles. The molecule has 0 atom stereocenters. The molecule has 1 N–H and O–H groups in total. The van der Waals surface area contributed by atoms with Gasteiger partial charge < -0.3 is 10.1 Å². The largest absolute Gasteiger partial charge is 0.495 e. The lowest BCUT2D eigenvalue weighted by atomic mass is 10.2. The number of benzene rings is 1. The molecule has 25 heavy (non-hydrogen) atoms. The van der Waals surface area contributed by atoms with Gasteiger partial charge in [-0.3, -0.25) is 9.59 Å². The van der Waals surface area contributed by atoms with Gasteiger partial charge >= 0.3 is 0 Å². The van der Waals surface area contributed by atoms with Crippen molar-refractivity contribution < 1.29 is 9.53 Å². The Labute approximate surface area is 143 Å². The van der Waals surface area contributed by atoms with Crippen LogP contribution in [0.3, 0.4) is 0 Å². The molecule has 0 radical (unpaired) electrons. The third-order valence-electron chi connectivity index (χ3n) is 3.51. The van der Waals surface area contributed by atoms with E-state index in [1.165, 1.54) is 17.9 Å². The second-order valence-corrected chi connectivity index (χ2v) is 5.39. The summed E-state index contributed by atoms with van der Waals surface area (Å²) in [6, 6.07) is 10.1. The quantitative estimate of drug-likeness (QED) is 0.758. The van der Waals surface area contributed by atoms with Crippen molar-refractivity contribution in [3.05, 3.63) is 64.7 Å². The highest BCUT2D eigenvalue weighted by Crippen LogP contribution is 2.25. The average Bonchev–Trinajstić information content (AvgIpc) is 3.11. The predicted octanol–water partition coefficient (Wildman–Crippen LogP) is 1.38. The van der Waals surface area contributed by atoms with Crippen molar-refractivity contribution in [2.45, 2.75) is 13.5 Å². The van der Waals surface area contributed by atoms with Crippen molar-refractivity contribution in [1.29, 1.82) is 0 Å². The molecule has 2 heterocycles. The Morgan fingerprint density at radius 3 is 2.84 bits per heavy atom. The molecule has 0 unspecified atom stereocenters. The number of hydrogen-bond donors (Lipinski definition) is 1. The summed E-state index contributed by atoms with van der Waals surface area (Å²) in [5, 5.41) is 11.0. The van der Waals surface area contributed by atoms with Crippen LogP contribution in [0.5, 0.6) is 5.75 Å². The third-order valence-corrected chi connectivity index (χ3v) is 3.51. The minimum Gasteiger partial charge on any atom is -0.495 e. The van der Waals surface area contributed by atoms with E-state index in [2.05, 4.69) is 15.5 Å². The van der Waals surface area contributed by atoms with Gasteiger partial charge in [0.25, 0.3) is 5.56 Å². The summed E-state index contributed by atoms with van der Waals surface area (Å²) in [5.74, 6) is 0.617. The smallest absolute Gasteiger partial charge is 0.267 e. The molecule has 8 heteroatoms. The number of aromatic nitrogens is 4. The van der Waals surface area contributed by atoms with Crippen LogP contribution in [0.15, 0.2) is 53.6 Å². The van der Waals surface area contributed by atoms with E-state index in [0.717, 1.165) is 10.2 Å². The fourth-order valence-corrected chi connectivity index (χ4v) is 2.32. The number of rotatable bonds is 5. The molecule has 0 aliphatic heterocycles. The van der Waals surface area contributed by atoms with E-state index in [1.54, 1.807) is 36.7 Å². The highest BCUT2D eigenvalue weighted by atomic mass is 16.5. The number of hydrogen-bond acceptors (Lipinski definition) is 5. The van der Waals surface area contributed by atoms with Crippen LogP contribution in [0.2, 0.25) is 0 Å². The third kappa shape index (κ3) is 3.74. The lowest BCUT2D eigenvalue weighted by Gasteiger charge is -2.12. The minimum atomic E-state index is -0.379. The van der Waals surface area contributed by atoms with Crippen molar-refractivity contribution >= 4 is 11.6 Å². The van der Waals surface area contributed by atoms with Gasteiger partial charge in [-0.15, -0.1) is 5.10 Å². The summed E-state index contributed by atoms with van der Waals surface area (Å²) in [6.45, 7) is 1.69. The number of nitrogens with one attached hydrogen (secondary N) is 1. The normalized spacial score (nSPS) is 10.5. The van der Waals surface area contributed by atoms with Crippen LogP contribution in [-0.4, -0.2) is 32.6 Å². The first-order valence-electron chi connectivity index (χ1n) is 7.59. The van der Waals surface area contributed by atoms with Gasteiger partial charge in [-0.1, -0.05) is 6.07 Å². The summed E-state index contributed by atoms with van der Waals surface area (Å²) < 4.78 is 7.84. The molecule has 3 aromatic rings. The maximum absolute atomic E-state index is 12.3. The summed E-state index contributed by atoms with van der Waals surface area (Å²) >= 11 is 0. The molecular formula is C17H17N5O3. The molecule has 0 aliphatic rings. The first kappa shape index (κ1) is 16.4. The molecule has 3 rings (SSSR count). The lowest BCUT2D eigenvalue weighted by molar-refractivity contribution is -0.117. The second kappa shape index (κ2) is 7.00. The number of ether oxygens (including phenoxy) is 1. The van der Waals surface area contributed by atoms with Crippen LogP contribution >= 0.6 is 0 Å². The first-order chi connectivity index (χ1) is 12.1. The van der Waals surface area contributed by atoms with E-state index in [-0.39, 0.29) is 18.0 Å². The Hall–Kier alpha value is -3.42. The molecule has 0 spiro atoms. The lowest BCUT2D eigenvalue weighted by Crippen LogP contribution is -2.30. The minimum absolute atomic E-state index is 0.217. The van der Waals surface area contributed by atoms with Gasteiger partial charge in [0.1, 0.15) is 12.3 Å². The standard InChI is InChI=1S/C17H17N5O3/c1-12-4-5-14(25-2)13(10-12)19-16(23)11-22-17(24)7-6-15(20-22)21-9-3-8-18-21/h3-10H,11H2,1-2H3,(H,19,23). The number of aryl methyl sites for hydroxylation is 1. The number of nitrogens with zero attached hydrogens (tertiary/aromatic N) is 4. The van der Waals surface area contributed by atoms with Crippen LogP contribution in [0.1, 0.15) is 5.56 Å². The van der Waals surface area contributed by atoms with Crippen molar-refractivity contribution in [1.82, 2.24) is 19.6 Å². The molecule has 0 saturated carbocycles. The van der Waals surface area contributed by atoms with Gasteiger partial charge in [0.05, 0.1) is 12.8 Å². The topological polar surface area (TPSA) is 91.0 Å². The SMILES string of the molecule is COc1ccc(C)cc1NC(=O)Cn1nc(-n2cccn2)ccc1=O. The zero-order valence-corrected chi connectivity index (χ0v) is 13.8. The van der Waals surface area contributed by atoms with Crippen molar-refractivity contribution in [3.8, 4) is 11.6 Å². The van der Waals surface area contributed by atoms with Crippen LogP contribution in [0.4, 0.5) is 5.69 Å². The zero-order valence-electron chi connectivity index (χ0n) is 13.8. The fraction of sp³-hybridized carbons (Fsp3) is 0.176. The predicted molar refractivity (Wildman–Crippen MR) is 92.0 cm³/mol. The van der Waals surface area contributed by atoms with Crippen LogP contribution in [0.25, 0.3) is 5.82 Å². The van der Waals surface area contributed by atoms with Crippen LogP contribution < -0.4 is 15.6 Å². The van der Waals surface area contributed by atoms with E-state index in [9.17, 15) is 9.59 Å². The average molecular weight is 339 g/mol. The van der Waals surface area contributed by atoms with Crippen molar-refractivity contribution in [2.75, 3.05) is 12.4 Å². The van der Waals surface area contributed by atoms with Gasteiger partial charge in [-0.05, 0) is 36.8 Å². The molecule has 0 aliphatic carbocycles. The molecule has 1 amide bonds. The van der Waals surface area contributed by atoms with Gasteiger partial charge in [0.15, 0.2) is 5.82 Å². The number of carbonyl (C=O) groups is 1. The van der Waals surface area contributed by atoms with Gasteiger partial charge in [-0.25, -0.2) is 9.36 Å². The molecule has 0 bridgehead atoms. The first-order valence-corrected chi connectivity index (χ1v) is 7.59. The summed E-state index contributed by atoms with van der Waals surface area (Å²) in [6.07, 6.45) is 3.31. The highest BCUT2D eigenvalue weighted by Gasteiger charge is 2.11. The number of methoxy groups -OCH3 is 1. The molecule has 128 valence electrons. The Kier molecular flexibility index (Phi) is 4.60. The monoisotopic (exact) mass is 339 g/mol. The van der Waals surface area contributed by atoms with E-state index in [0.29, 0.717) is 17.3 Å². The summed E-state index contributed by atoms with van der Waals surface area (Å²) in [7, 11) is 1.53. The summed E-state index contributed by atoms with van der Waals surface area (Å²) in [4.78, 5) is 24.3. The van der Waals surface area contributed by atoms with E-state index < -0.39 is 0 Å². The summed E-state index contributed by atoms with van der Waals surface area (Å²) in [5.41, 5.74) is 1.15. The molecular weight excluding hydrogens is 322 g/mol. The number of carbonyl (C=O) groups excluding carboxylic acids is 1. The fourth-order valence-electron chi connectivity index (χ4n) is 2.32. The van der Waals surface area contributed by atoms with Crippen molar-refractivity contribution in [2.24, 2.45) is 0 Å². The Bertz CT molecular complexity index is 947. The van der Waals surface area contributed by atoms with E-state index >= 15 is 0 Å². The van der Waals surface area contributed by atoms with Gasteiger partial charge in [-0.2, -0.15) is 5.10 Å². The Balaban J connectivity index is 1.81. The molecule has 8 nitrogen and oxygen atoms in total. The van der Waals surface area contributed by atoms with Crippen molar-refractivity contribution in [3.63, 3.8) is 0 Å². The maximum atomic E-state index is 12.3. The zero-order chi connectivity index (χ0) is 17.8. The van der Waals surface area contributed by atoms with E-state index in [1.807, 2.05) is 13.0 Å². The van der Waals surface area contributed by atoms with E-state index in [4.69, 9.17) is 4.74 Å². The Morgan fingerprint density at radius 1 is 1.28 bits per heavy atom. The molecule has 0 fully saturated rings. The van der Waals surface area contributed by atoms with Gasteiger partial charge in [0.2, 0.25) is 5.91 Å². The molecule has 1 aromatic carbocycles. The molecule has 0 saturated heterocycles. The Morgan fingerprint density at radius 2 is 2.12 bits per heavy atom. The number of amides is 1. The maximum Gasteiger partial charge on any atom is 0.267 e. The van der Waals surface area contributed by atoms with Crippen LogP contribution in [0, 0.1) is 6.92 Å².